The Hall–Kier alpha value is -3.74. The van der Waals surface area contributed by atoms with Crippen LogP contribution in [0, 0.1) is 27.7 Å². The van der Waals surface area contributed by atoms with Crippen molar-refractivity contribution in [2.45, 2.75) is 34.1 Å². The van der Waals surface area contributed by atoms with Gasteiger partial charge < -0.3 is 23.6 Å². The topological polar surface area (TPSA) is 90.9 Å². The highest BCUT2D eigenvalue weighted by molar-refractivity contribution is 6.01. The molecule has 0 fully saturated rings. The van der Waals surface area contributed by atoms with E-state index in [1.54, 1.807) is 25.3 Å². The van der Waals surface area contributed by atoms with Crippen LogP contribution in [0.3, 0.4) is 0 Å². The van der Waals surface area contributed by atoms with E-state index in [4.69, 9.17) is 18.3 Å². The Bertz CT molecular complexity index is 1430. The van der Waals surface area contributed by atoms with Gasteiger partial charge in [0.25, 0.3) is 0 Å². The molecule has 0 saturated heterocycles. The number of rotatable bonds is 5. The number of ether oxygens (including phenoxy) is 2. The number of carbonyl (C=O) groups is 1. The minimum absolute atomic E-state index is 0.134. The molecule has 32 heavy (non-hydrogen) atoms. The first-order chi connectivity index (χ1) is 15.2. The summed E-state index contributed by atoms with van der Waals surface area (Å²) in [6.45, 7) is 7.61. The summed E-state index contributed by atoms with van der Waals surface area (Å²) in [5.41, 5.74) is 3.96. The third kappa shape index (κ3) is 3.49. The van der Waals surface area contributed by atoms with Crippen LogP contribution in [0.25, 0.3) is 21.9 Å². The summed E-state index contributed by atoms with van der Waals surface area (Å²) in [6.07, 6.45) is -0.134. The third-order valence-corrected chi connectivity index (χ3v) is 5.96. The van der Waals surface area contributed by atoms with Gasteiger partial charge in [-0.2, -0.15) is 0 Å². The minimum Gasteiger partial charge on any atom is -0.497 e. The molecule has 0 unspecified atom stereocenters. The van der Waals surface area contributed by atoms with E-state index in [0.717, 1.165) is 27.7 Å². The predicted octanol–water partition coefficient (Wildman–Crippen LogP) is 4.97. The van der Waals surface area contributed by atoms with Crippen LogP contribution in [0.5, 0.6) is 11.5 Å². The second kappa shape index (κ2) is 8.07. The first kappa shape index (κ1) is 21.5. The number of methoxy groups -OCH3 is 2. The highest BCUT2D eigenvalue weighted by Gasteiger charge is 2.20. The van der Waals surface area contributed by atoms with Crippen molar-refractivity contribution in [1.29, 1.82) is 0 Å². The van der Waals surface area contributed by atoms with Crippen LogP contribution in [0.15, 0.2) is 37.9 Å². The summed E-state index contributed by atoms with van der Waals surface area (Å²) in [5.74, 6) is 1.53. The molecule has 0 aliphatic rings. The lowest BCUT2D eigenvalue weighted by molar-refractivity contribution is -0.115. The Morgan fingerprint density at radius 2 is 1.59 bits per heavy atom. The molecule has 0 aliphatic carbocycles. The maximum atomic E-state index is 12.8. The van der Waals surface area contributed by atoms with E-state index < -0.39 is 5.63 Å². The number of hydrogen-bond donors (Lipinski definition) is 1. The Morgan fingerprint density at radius 3 is 2.28 bits per heavy atom. The first-order valence-corrected chi connectivity index (χ1v) is 10.2. The predicted molar refractivity (Wildman–Crippen MR) is 123 cm³/mol. The molecule has 2 aromatic heterocycles. The van der Waals surface area contributed by atoms with Gasteiger partial charge in [-0.1, -0.05) is 0 Å². The molecule has 0 saturated carbocycles. The zero-order chi connectivity index (χ0) is 23.2. The van der Waals surface area contributed by atoms with Crippen molar-refractivity contribution in [3.05, 3.63) is 62.7 Å². The molecular formula is C25H25NO6. The first-order valence-electron chi connectivity index (χ1n) is 10.2. The van der Waals surface area contributed by atoms with Crippen LogP contribution in [-0.4, -0.2) is 20.1 Å². The van der Waals surface area contributed by atoms with Gasteiger partial charge in [-0.3, -0.25) is 4.79 Å². The van der Waals surface area contributed by atoms with E-state index in [9.17, 15) is 9.59 Å². The van der Waals surface area contributed by atoms with Gasteiger partial charge in [0.15, 0.2) is 0 Å². The van der Waals surface area contributed by atoms with Crippen molar-refractivity contribution in [3.8, 4) is 11.5 Å². The standard InChI is InChI=1S/C25H25NO6/c1-12-15(4)31-23-14(3)24-18(10-17(12)23)13(2)19(25(28)32-24)11-22(27)26-20-9-16(29-5)7-8-21(20)30-6/h7-10H,11H2,1-6H3,(H,26,27). The fraction of sp³-hybridized carbons (Fsp3) is 0.280. The molecule has 1 N–H and O–H groups in total. The molecule has 0 radical (unpaired) electrons. The van der Waals surface area contributed by atoms with Gasteiger partial charge in [0.05, 0.1) is 31.9 Å². The molecule has 0 bridgehead atoms. The molecule has 2 heterocycles. The van der Waals surface area contributed by atoms with Crippen LogP contribution in [0.2, 0.25) is 0 Å². The summed E-state index contributed by atoms with van der Waals surface area (Å²) >= 11 is 0. The van der Waals surface area contributed by atoms with Crippen LogP contribution in [-0.2, 0) is 11.2 Å². The maximum absolute atomic E-state index is 12.8. The monoisotopic (exact) mass is 435 g/mol. The molecule has 1 amide bonds. The number of carbonyl (C=O) groups excluding carboxylic acids is 1. The van der Waals surface area contributed by atoms with E-state index in [2.05, 4.69) is 5.32 Å². The maximum Gasteiger partial charge on any atom is 0.340 e. The van der Waals surface area contributed by atoms with E-state index >= 15 is 0 Å². The number of amides is 1. The highest BCUT2D eigenvalue weighted by Crippen LogP contribution is 2.34. The van der Waals surface area contributed by atoms with Crippen molar-refractivity contribution < 1.29 is 23.1 Å². The lowest BCUT2D eigenvalue weighted by Gasteiger charge is -2.13. The Labute approximate surface area is 184 Å². The van der Waals surface area contributed by atoms with Crippen LogP contribution in [0.1, 0.15) is 28.0 Å². The van der Waals surface area contributed by atoms with Gasteiger partial charge in [-0.15, -0.1) is 0 Å². The minimum atomic E-state index is -0.537. The number of furan rings is 1. The molecule has 0 spiro atoms. The van der Waals surface area contributed by atoms with Crippen molar-refractivity contribution in [1.82, 2.24) is 0 Å². The molecule has 166 valence electrons. The molecular weight excluding hydrogens is 410 g/mol. The second-order valence-electron chi connectivity index (χ2n) is 7.82. The summed E-state index contributed by atoms with van der Waals surface area (Å²) in [4.78, 5) is 25.6. The average molecular weight is 435 g/mol. The summed E-state index contributed by atoms with van der Waals surface area (Å²) < 4.78 is 22.1. The Kier molecular flexibility index (Phi) is 5.42. The summed E-state index contributed by atoms with van der Waals surface area (Å²) in [6, 6.07) is 7.07. The van der Waals surface area contributed by atoms with Gasteiger partial charge in [0, 0.05) is 22.4 Å². The quantitative estimate of drug-likeness (QED) is 0.445. The number of nitrogens with one attached hydrogen (secondary N) is 1. The number of anilines is 1. The number of hydrogen-bond acceptors (Lipinski definition) is 6. The van der Waals surface area contributed by atoms with Crippen molar-refractivity contribution in [2.75, 3.05) is 19.5 Å². The normalized spacial score (nSPS) is 11.2. The molecule has 4 rings (SSSR count). The van der Waals surface area contributed by atoms with Gasteiger partial charge in [0.1, 0.15) is 28.4 Å². The van der Waals surface area contributed by atoms with E-state index in [1.165, 1.54) is 7.11 Å². The zero-order valence-electron chi connectivity index (χ0n) is 19.0. The van der Waals surface area contributed by atoms with Crippen molar-refractivity contribution >= 4 is 33.5 Å². The molecule has 7 heteroatoms. The van der Waals surface area contributed by atoms with Gasteiger partial charge >= 0.3 is 5.63 Å². The second-order valence-corrected chi connectivity index (χ2v) is 7.82. The number of aryl methyl sites for hydroxylation is 4. The van der Waals surface area contributed by atoms with Crippen molar-refractivity contribution in [2.24, 2.45) is 0 Å². The van der Waals surface area contributed by atoms with E-state index in [0.29, 0.717) is 39.5 Å². The molecule has 4 aromatic rings. The summed E-state index contributed by atoms with van der Waals surface area (Å²) in [7, 11) is 3.06. The fourth-order valence-electron chi connectivity index (χ4n) is 3.96. The molecule has 0 atom stereocenters. The van der Waals surface area contributed by atoms with Crippen LogP contribution < -0.4 is 20.4 Å². The average Bonchev–Trinajstić information content (AvgIpc) is 3.06. The number of fused-ring (bicyclic) bond motifs is 2. The highest BCUT2D eigenvalue weighted by atomic mass is 16.5. The zero-order valence-corrected chi connectivity index (χ0v) is 19.0. The van der Waals surface area contributed by atoms with E-state index in [1.807, 2.05) is 33.8 Å². The van der Waals surface area contributed by atoms with E-state index in [-0.39, 0.29) is 12.3 Å². The fourth-order valence-corrected chi connectivity index (χ4v) is 3.96. The van der Waals surface area contributed by atoms with Crippen LogP contribution in [0.4, 0.5) is 5.69 Å². The van der Waals surface area contributed by atoms with Gasteiger partial charge in [-0.05, 0) is 57.0 Å². The molecule has 2 aromatic carbocycles. The Balaban J connectivity index is 1.75. The van der Waals surface area contributed by atoms with Crippen molar-refractivity contribution in [3.63, 3.8) is 0 Å². The smallest absolute Gasteiger partial charge is 0.340 e. The molecule has 7 nitrogen and oxygen atoms in total. The lowest BCUT2D eigenvalue weighted by atomic mass is 9.98. The SMILES string of the molecule is COc1ccc(OC)c(NC(=O)Cc2c(C)c3cc4c(C)c(C)oc4c(C)c3oc2=O)c1. The van der Waals surface area contributed by atoms with Gasteiger partial charge in [0.2, 0.25) is 5.91 Å². The van der Waals surface area contributed by atoms with Gasteiger partial charge in [-0.25, -0.2) is 4.79 Å². The summed E-state index contributed by atoms with van der Waals surface area (Å²) in [5, 5.41) is 4.57. The largest absolute Gasteiger partial charge is 0.497 e. The lowest BCUT2D eigenvalue weighted by Crippen LogP contribution is -2.21. The third-order valence-electron chi connectivity index (χ3n) is 5.96. The molecule has 0 aliphatic heterocycles. The van der Waals surface area contributed by atoms with Crippen LogP contribution >= 0.6 is 0 Å². The number of benzene rings is 2. The Morgan fingerprint density at radius 1 is 0.906 bits per heavy atom.